The first-order valence-electron chi connectivity index (χ1n) is 17.4. The van der Waals surface area contributed by atoms with Crippen molar-refractivity contribution in [2.75, 3.05) is 13.2 Å². The van der Waals surface area contributed by atoms with Crippen molar-refractivity contribution in [3.05, 3.63) is 0 Å². The molecule has 1 N–H and O–H groups in total. The number of hydrogen-bond acceptors (Lipinski definition) is 5. The van der Waals surface area contributed by atoms with Crippen LogP contribution in [0.1, 0.15) is 188 Å². The van der Waals surface area contributed by atoms with Gasteiger partial charge in [-0.1, -0.05) is 162 Å². The van der Waals surface area contributed by atoms with Gasteiger partial charge in [0, 0.05) is 12.8 Å². The Morgan fingerprint density at radius 3 is 1.12 bits per heavy atom. The van der Waals surface area contributed by atoms with Gasteiger partial charge in [-0.05, 0) is 18.8 Å². The molecule has 5 heteroatoms. The number of carbonyl (C=O) groups is 2. The molecule has 5 nitrogen and oxygen atoms in total. The molecule has 0 aliphatic rings. The quantitative estimate of drug-likeness (QED) is 0.0665. The predicted octanol–water partition coefficient (Wildman–Crippen LogP) is 10.3. The zero-order valence-electron chi connectivity index (χ0n) is 27.0. The number of aliphatic hydroxyl groups is 1. The molecule has 0 rings (SSSR count). The number of esters is 2. The molecular formula is C35H68O5. The highest BCUT2D eigenvalue weighted by molar-refractivity contribution is 5.69. The number of hydrogen-bond donors (Lipinski definition) is 1. The Bertz CT molecular complexity index is 548. The van der Waals surface area contributed by atoms with Crippen LogP contribution in [0.3, 0.4) is 0 Å². The van der Waals surface area contributed by atoms with E-state index in [1.807, 2.05) is 0 Å². The molecule has 0 bridgehead atoms. The number of carbonyl (C=O) groups excluding carboxylic acids is 2. The SMILES string of the molecule is CCCCCCCC(=O)OC[C@H](O)COC(=O)CCCCCCCCCCCCCCCCCCCCC(C)C. The largest absolute Gasteiger partial charge is 0.463 e. The standard InChI is InChI=1S/C35H68O5/c1-4-5-6-21-25-28-34(37)39-30-33(36)31-40-35(38)29-26-23-20-18-16-14-12-10-8-7-9-11-13-15-17-19-22-24-27-32(2)3/h32-33,36H,4-31H2,1-3H3/t33-/m0/s1. The molecule has 0 aliphatic heterocycles. The van der Waals surface area contributed by atoms with Crippen molar-refractivity contribution in [1.82, 2.24) is 0 Å². The summed E-state index contributed by atoms with van der Waals surface area (Å²) in [4.78, 5) is 23.6. The van der Waals surface area contributed by atoms with Crippen molar-refractivity contribution in [3.8, 4) is 0 Å². The van der Waals surface area contributed by atoms with E-state index < -0.39 is 6.10 Å². The van der Waals surface area contributed by atoms with E-state index in [9.17, 15) is 14.7 Å². The molecule has 0 heterocycles. The van der Waals surface area contributed by atoms with E-state index >= 15 is 0 Å². The molecule has 0 saturated heterocycles. The van der Waals surface area contributed by atoms with Gasteiger partial charge < -0.3 is 14.6 Å². The van der Waals surface area contributed by atoms with Crippen molar-refractivity contribution in [2.24, 2.45) is 5.92 Å². The Morgan fingerprint density at radius 1 is 0.500 bits per heavy atom. The Kier molecular flexibility index (Phi) is 30.0. The minimum Gasteiger partial charge on any atom is -0.463 e. The fourth-order valence-corrected chi connectivity index (χ4v) is 5.09. The minimum absolute atomic E-state index is 0.110. The molecule has 238 valence electrons. The maximum Gasteiger partial charge on any atom is 0.305 e. The van der Waals surface area contributed by atoms with E-state index in [1.165, 1.54) is 122 Å². The first kappa shape index (κ1) is 38.9. The van der Waals surface area contributed by atoms with E-state index in [2.05, 4.69) is 20.8 Å². The molecule has 0 spiro atoms. The molecule has 40 heavy (non-hydrogen) atoms. The number of ether oxygens (including phenoxy) is 2. The van der Waals surface area contributed by atoms with E-state index in [0.717, 1.165) is 38.0 Å². The van der Waals surface area contributed by atoms with Crippen LogP contribution < -0.4 is 0 Å². The molecule has 0 aromatic heterocycles. The molecule has 0 aromatic carbocycles. The molecule has 0 aliphatic carbocycles. The Labute approximate surface area is 248 Å². The average Bonchev–Trinajstić information content (AvgIpc) is 2.93. The van der Waals surface area contributed by atoms with E-state index in [0.29, 0.717) is 12.8 Å². The van der Waals surface area contributed by atoms with Crippen LogP contribution in [0.4, 0.5) is 0 Å². The van der Waals surface area contributed by atoms with Crippen LogP contribution in [-0.2, 0) is 19.1 Å². The van der Waals surface area contributed by atoms with Crippen LogP contribution in [0.5, 0.6) is 0 Å². The monoisotopic (exact) mass is 569 g/mol. The van der Waals surface area contributed by atoms with Crippen LogP contribution in [0, 0.1) is 5.92 Å². The van der Waals surface area contributed by atoms with Crippen molar-refractivity contribution in [1.29, 1.82) is 0 Å². The van der Waals surface area contributed by atoms with E-state index in [4.69, 9.17) is 9.47 Å². The summed E-state index contributed by atoms with van der Waals surface area (Å²) >= 11 is 0. The zero-order valence-corrected chi connectivity index (χ0v) is 27.0. The molecule has 0 saturated carbocycles. The summed E-state index contributed by atoms with van der Waals surface area (Å²) in [5.41, 5.74) is 0. The smallest absolute Gasteiger partial charge is 0.305 e. The number of rotatable bonds is 31. The van der Waals surface area contributed by atoms with Crippen LogP contribution in [0.2, 0.25) is 0 Å². The molecule has 0 fully saturated rings. The van der Waals surface area contributed by atoms with Crippen LogP contribution in [0.25, 0.3) is 0 Å². The first-order valence-corrected chi connectivity index (χ1v) is 17.4. The summed E-state index contributed by atoms with van der Waals surface area (Å²) in [6.07, 6.45) is 30.5. The first-order chi connectivity index (χ1) is 19.5. The maximum atomic E-state index is 11.9. The zero-order chi connectivity index (χ0) is 29.5. The fraction of sp³-hybridized carbons (Fsp3) is 0.943. The topological polar surface area (TPSA) is 72.8 Å². The van der Waals surface area contributed by atoms with Gasteiger partial charge in [0.15, 0.2) is 0 Å². The second-order valence-corrected chi connectivity index (χ2v) is 12.5. The lowest BCUT2D eigenvalue weighted by Gasteiger charge is -2.12. The van der Waals surface area contributed by atoms with Crippen molar-refractivity contribution in [2.45, 2.75) is 194 Å². The third kappa shape index (κ3) is 31.4. The lowest BCUT2D eigenvalue weighted by molar-refractivity contribution is -0.152. The lowest BCUT2D eigenvalue weighted by Crippen LogP contribution is -2.25. The van der Waals surface area contributed by atoms with Gasteiger partial charge in [0.1, 0.15) is 19.3 Å². The second-order valence-electron chi connectivity index (χ2n) is 12.5. The highest BCUT2D eigenvalue weighted by Crippen LogP contribution is 2.16. The predicted molar refractivity (Wildman–Crippen MR) is 168 cm³/mol. The van der Waals surface area contributed by atoms with Gasteiger partial charge in [-0.25, -0.2) is 0 Å². The summed E-state index contributed by atoms with van der Waals surface area (Å²) < 4.78 is 10.2. The van der Waals surface area contributed by atoms with Crippen LogP contribution in [0.15, 0.2) is 0 Å². The minimum atomic E-state index is -0.952. The summed E-state index contributed by atoms with van der Waals surface area (Å²) in [6, 6.07) is 0. The molecule has 0 aromatic rings. The molecule has 0 amide bonds. The number of aliphatic hydroxyl groups excluding tert-OH is 1. The highest BCUT2D eigenvalue weighted by atomic mass is 16.6. The Balaban J connectivity index is 3.31. The van der Waals surface area contributed by atoms with Gasteiger partial charge in [0.05, 0.1) is 0 Å². The van der Waals surface area contributed by atoms with Gasteiger partial charge >= 0.3 is 11.9 Å². The molecule has 1 atom stereocenters. The highest BCUT2D eigenvalue weighted by Gasteiger charge is 2.12. The van der Waals surface area contributed by atoms with Gasteiger partial charge in [0.25, 0.3) is 0 Å². The van der Waals surface area contributed by atoms with Gasteiger partial charge in [-0.2, -0.15) is 0 Å². The third-order valence-corrected chi connectivity index (χ3v) is 7.77. The Hall–Kier alpha value is -1.10. The number of unbranched alkanes of at least 4 members (excludes halogenated alkanes) is 21. The van der Waals surface area contributed by atoms with Gasteiger partial charge in [0.2, 0.25) is 0 Å². The Morgan fingerprint density at radius 2 is 0.800 bits per heavy atom. The second kappa shape index (κ2) is 30.8. The molecule has 0 radical (unpaired) electrons. The summed E-state index contributed by atoms with van der Waals surface area (Å²) in [5, 5.41) is 9.88. The summed E-state index contributed by atoms with van der Waals surface area (Å²) in [5.74, 6) is 0.296. The van der Waals surface area contributed by atoms with Crippen LogP contribution >= 0.6 is 0 Å². The van der Waals surface area contributed by atoms with E-state index in [-0.39, 0.29) is 25.2 Å². The normalized spacial score (nSPS) is 12.1. The summed E-state index contributed by atoms with van der Waals surface area (Å²) in [7, 11) is 0. The van der Waals surface area contributed by atoms with Gasteiger partial charge in [-0.3, -0.25) is 9.59 Å². The third-order valence-electron chi connectivity index (χ3n) is 7.77. The van der Waals surface area contributed by atoms with E-state index in [1.54, 1.807) is 0 Å². The molecular weight excluding hydrogens is 500 g/mol. The fourth-order valence-electron chi connectivity index (χ4n) is 5.09. The van der Waals surface area contributed by atoms with Crippen molar-refractivity contribution >= 4 is 11.9 Å². The maximum absolute atomic E-state index is 11.9. The lowest BCUT2D eigenvalue weighted by atomic mass is 10.0. The van der Waals surface area contributed by atoms with Crippen molar-refractivity contribution < 1.29 is 24.2 Å². The van der Waals surface area contributed by atoms with Gasteiger partial charge in [-0.15, -0.1) is 0 Å². The molecule has 0 unspecified atom stereocenters. The van der Waals surface area contributed by atoms with Crippen LogP contribution in [-0.4, -0.2) is 36.4 Å². The van der Waals surface area contributed by atoms with Crippen molar-refractivity contribution in [3.63, 3.8) is 0 Å². The summed E-state index contributed by atoms with van der Waals surface area (Å²) in [6.45, 7) is 6.59. The average molecular weight is 569 g/mol.